The Morgan fingerprint density at radius 1 is 1.20 bits per heavy atom. The first kappa shape index (κ1) is 14.1. The third kappa shape index (κ3) is 2.99. The number of carboxylic acid groups (broad SMARTS) is 1. The first-order valence-electron chi connectivity index (χ1n) is 6.55. The van der Waals surface area contributed by atoms with Gasteiger partial charge in [0, 0.05) is 6.04 Å². The third-order valence-electron chi connectivity index (χ3n) is 3.49. The van der Waals surface area contributed by atoms with Crippen LogP contribution in [0.1, 0.15) is 25.3 Å². The molecule has 2 amide bonds. The average Bonchev–Trinajstić information content (AvgIpc) is 2.92. The Balaban J connectivity index is 2.09. The minimum atomic E-state index is -1.45. The van der Waals surface area contributed by atoms with Crippen LogP contribution >= 0.6 is 0 Å². The lowest BCUT2D eigenvalue weighted by Gasteiger charge is -2.27. The zero-order valence-electron chi connectivity index (χ0n) is 11.3. The zero-order chi connectivity index (χ0) is 14.6. The topological polar surface area (TPSA) is 78.4 Å². The summed E-state index contributed by atoms with van der Waals surface area (Å²) in [5.41, 5.74) is -0.913. The predicted octanol–water partition coefficient (Wildman–Crippen LogP) is 2.00. The fourth-order valence-corrected chi connectivity index (χ4v) is 2.20. The van der Waals surface area contributed by atoms with E-state index in [1.807, 2.05) is 12.2 Å². The Hall–Kier alpha value is -2.30. The van der Waals surface area contributed by atoms with E-state index in [9.17, 15) is 14.7 Å². The van der Waals surface area contributed by atoms with Crippen molar-refractivity contribution in [3.8, 4) is 0 Å². The van der Waals surface area contributed by atoms with Crippen molar-refractivity contribution in [3.05, 3.63) is 48.0 Å². The van der Waals surface area contributed by atoms with Crippen LogP contribution in [0.4, 0.5) is 4.79 Å². The van der Waals surface area contributed by atoms with Crippen LogP contribution < -0.4 is 10.6 Å². The van der Waals surface area contributed by atoms with Gasteiger partial charge in [0.25, 0.3) is 0 Å². The maximum atomic E-state index is 12.0. The van der Waals surface area contributed by atoms with E-state index in [1.54, 1.807) is 30.3 Å². The van der Waals surface area contributed by atoms with Crippen molar-refractivity contribution in [2.24, 2.45) is 0 Å². The second-order valence-corrected chi connectivity index (χ2v) is 5.03. The van der Waals surface area contributed by atoms with Crippen molar-refractivity contribution in [1.29, 1.82) is 0 Å². The van der Waals surface area contributed by atoms with Crippen LogP contribution in [0.25, 0.3) is 0 Å². The molecule has 1 unspecified atom stereocenters. The van der Waals surface area contributed by atoms with Crippen molar-refractivity contribution in [2.75, 3.05) is 0 Å². The molecule has 0 saturated carbocycles. The van der Waals surface area contributed by atoms with E-state index in [2.05, 4.69) is 10.6 Å². The van der Waals surface area contributed by atoms with Gasteiger partial charge in [-0.25, -0.2) is 9.59 Å². The molecule has 0 saturated heterocycles. The second-order valence-electron chi connectivity index (χ2n) is 5.03. The van der Waals surface area contributed by atoms with Crippen molar-refractivity contribution in [1.82, 2.24) is 10.6 Å². The summed E-state index contributed by atoms with van der Waals surface area (Å²) in [6.45, 7) is 1.48. The number of hydrogen-bond donors (Lipinski definition) is 3. The largest absolute Gasteiger partial charge is 0.479 e. The van der Waals surface area contributed by atoms with Crippen LogP contribution in [-0.2, 0) is 10.3 Å². The summed E-state index contributed by atoms with van der Waals surface area (Å²) >= 11 is 0. The first-order chi connectivity index (χ1) is 9.52. The van der Waals surface area contributed by atoms with Gasteiger partial charge in [0.15, 0.2) is 5.54 Å². The molecule has 0 spiro atoms. The number of amides is 2. The highest BCUT2D eigenvalue weighted by molar-refractivity contribution is 5.87. The lowest BCUT2D eigenvalue weighted by Crippen LogP contribution is -2.54. The standard InChI is InChI=1S/C15H18N2O3/c1-15(13(18)19,11-7-3-2-4-8-11)17-14(20)16-12-9-5-6-10-12/h2-8,12H,9-10H2,1H3,(H,18,19)(H2,16,17,20). The first-order valence-corrected chi connectivity index (χ1v) is 6.55. The van der Waals surface area contributed by atoms with Crippen LogP contribution in [0.15, 0.2) is 42.5 Å². The summed E-state index contributed by atoms with van der Waals surface area (Å²) in [5, 5.41) is 14.8. The molecule has 0 aromatic heterocycles. The van der Waals surface area contributed by atoms with Gasteiger partial charge < -0.3 is 15.7 Å². The number of hydrogen-bond acceptors (Lipinski definition) is 2. The number of aliphatic carboxylic acids is 1. The molecule has 0 fully saturated rings. The zero-order valence-corrected chi connectivity index (χ0v) is 11.3. The van der Waals surface area contributed by atoms with E-state index < -0.39 is 17.5 Å². The van der Waals surface area contributed by atoms with E-state index in [-0.39, 0.29) is 6.04 Å². The van der Waals surface area contributed by atoms with Gasteiger partial charge in [-0.2, -0.15) is 0 Å². The lowest BCUT2D eigenvalue weighted by atomic mass is 9.92. The summed E-state index contributed by atoms with van der Waals surface area (Å²) in [6, 6.07) is 8.25. The Kier molecular flexibility index (Phi) is 4.08. The van der Waals surface area contributed by atoms with Gasteiger partial charge in [0.1, 0.15) is 0 Å². The van der Waals surface area contributed by atoms with Gasteiger partial charge in [-0.1, -0.05) is 42.5 Å². The van der Waals surface area contributed by atoms with Crippen LogP contribution in [-0.4, -0.2) is 23.1 Å². The summed E-state index contributed by atoms with van der Waals surface area (Å²) < 4.78 is 0. The van der Waals surface area contributed by atoms with Crippen molar-refractivity contribution in [2.45, 2.75) is 31.3 Å². The van der Waals surface area contributed by atoms with Crippen molar-refractivity contribution >= 4 is 12.0 Å². The van der Waals surface area contributed by atoms with E-state index in [0.717, 1.165) is 12.8 Å². The van der Waals surface area contributed by atoms with E-state index in [4.69, 9.17) is 0 Å². The predicted molar refractivity (Wildman–Crippen MR) is 75.3 cm³/mol. The fraction of sp³-hybridized carbons (Fsp3) is 0.333. The van der Waals surface area contributed by atoms with Crippen LogP contribution in [0.3, 0.4) is 0 Å². The van der Waals surface area contributed by atoms with Gasteiger partial charge >= 0.3 is 12.0 Å². The van der Waals surface area contributed by atoms with Gasteiger partial charge in [-0.05, 0) is 25.3 Å². The molecule has 0 heterocycles. The highest BCUT2D eigenvalue weighted by Gasteiger charge is 2.37. The molecule has 20 heavy (non-hydrogen) atoms. The molecule has 1 aliphatic rings. The second kappa shape index (κ2) is 5.77. The van der Waals surface area contributed by atoms with Gasteiger partial charge in [-0.3, -0.25) is 0 Å². The number of benzene rings is 1. The highest BCUT2D eigenvalue weighted by Crippen LogP contribution is 2.21. The molecule has 0 aliphatic heterocycles. The van der Waals surface area contributed by atoms with Crippen LogP contribution in [0.5, 0.6) is 0 Å². The van der Waals surface area contributed by atoms with E-state index in [0.29, 0.717) is 5.56 Å². The van der Waals surface area contributed by atoms with E-state index in [1.165, 1.54) is 6.92 Å². The maximum Gasteiger partial charge on any atom is 0.333 e. The van der Waals surface area contributed by atoms with Crippen molar-refractivity contribution in [3.63, 3.8) is 0 Å². The Morgan fingerprint density at radius 3 is 2.35 bits per heavy atom. The third-order valence-corrected chi connectivity index (χ3v) is 3.49. The summed E-state index contributed by atoms with van der Waals surface area (Å²) in [5.74, 6) is -1.09. The Labute approximate surface area is 117 Å². The molecule has 1 aliphatic carbocycles. The van der Waals surface area contributed by atoms with Gasteiger partial charge in [0.05, 0.1) is 0 Å². The fourth-order valence-electron chi connectivity index (χ4n) is 2.20. The molecule has 0 radical (unpaired) electrons. The molecule has 5 nitrogen and oxygen atoms in total. The van der Waals surface area contributed by atoms with Crippen LogP contribution in [0.2, 0.25) is 0 Å². The minimum Gasteiger partial charge on any atom is -0.479 e. The molecule has 106 valence electrons. The normalized spacial score (nSPS) is 17.4. The Morgan fingerprint density at radius 2 is 1.80 bits per heavy atom. The molecule has 0 bridgehead atoms. The van der Waals surface area contributed by atoms with Crippen LogP contribution in [0, 0.1) is 0 Å². The van der Waals surface area contributed by atoms with Gasteiger partial charge in [0.2, 0.25) is 0 Å². The molecule has 1 aromatic carbocycles. The molecule has 1 atom stereocenters. The SMILES string of the molecule is CC(NC(=O)NC1CC=CC1)(C(=O)O)c1ccccc1. The Bertz CT molecular complexity index is 519. The van der Waals surface area contributed by atoms with E-state index >= 15 is 0 Å². The number of carboxylic acids is 1. The molecular formula is C15H18N2O3. The number of carbonyl (C=O) groups excluding carboxylic acids is 1. The summed E-state index contributed by atoms with van der Waals surface area (Å²) in [6.07, 6.45) is 5.56. The number of carbonyl (C=O) groups is 2. The summed E-state index contributed by atoms with van der Waals surface area (Å²) in [7, 11) is 0. The van der Waals surface area contributed by atoms with Gasteiger partial charge in [-0.15, -0.1) is 0 Å². The summed E-state index contributed by atoms with van der Waals surface area (Å²) in [4.78, 5) is 23.5. The minimum absolute atomic E-state index is 0.0452. The molecular weight excluding hydrogens is 256 g/mol. The van der Waals surface area contributed by atoms with Crippen molar-refractivity contribution < 1.29 is 14.7 Å². The number of rotatable bonds is 4. The molecule has 2 rings (SSSR count). The monoisotopic (exact) mass is 274 g/mol. The lowest BCUT2D eigenvalue weighted by molar-refractivity contribution is -0.144. The molecule has 5 heteroatoms. The number of urea groups is 1. The smallest absolute Gasteiger partial charge is 0.333 e. The highest BCUT2D eigenvalue weighted by atomic mass is 16.4. The maximum absolute atomic E-state index is 12.0. The molecule has 1 aromatic rings. The average molecular weight is 274 g/mol. The number of nitrogens with one attached hydrogen (secondary N) is 2. The molecule has 3 N–H and O–H groups in total. The quantitative estimate of drug-likeness (QED) is 0.735.